The van der Waals surface area contributed by atoms with Gasteiger partial charge in [0.15, 0.2) is 10.9 Å². The second-order valence-electron chi connectivity index (χ2n) is 7.57. The summed E-state index contributed by atoms with van der Waals surface area (Å²) in [5.74, 6) is 1.76. The van der Waals surface area contributed by atoms with Crippen LogP contribution in [0, 0.1) is 0 Å². The van der Waals surface area contributed by atoms with Crippen LogP contribution < -0.4 is 5.32 Å². The summed E-state index contributed by atoms with van der Waals surface area (Å²) in [5, 5.41) is 12.3. The van der Waals surface area contributed by atoms with Crippen molar-refractivity contribution in [2.75, 3.05) is 11.1 Å². The lowest BCUT2D eigenvalue weighted by atomic mass is 10.1. The van der Waals surface area contributed by atoms with E-state index >= 15 is 0 Å². The molecule has 2 unspecified atom stereocenters. The molecule has 4 rings (SSSR count). The highest BCUT2D eigenvalue weighted by molar-refractivity contribution is 7.99. The van der Waals surface area contributed by atoms with Gasteiger partial charge in [-0.3, -0.25) is 9.59 Å². The number of nitrogens with one attached hydrogen (secondary N) is 1. The van der Waals surface area contributed by atoms with Crippen molar-refractivity contribution in [2.24, 2.45) is 0 Å². The number of amides is 1. The monoisotopic (exact) mass is 432 g/mol. The summed E-state index contributed by atoms with van der Waals surface area (Å²) < 4.78 is 2.05. The van der Waals surface area contributed by atoms with Crippen molar-refractivity contribution in [1.82, 2.24) is 14.8 Å². The van der Waals surface area contributed by atoms with Gasteiger partial charge in [0, 0.05) is 23.7 Å². The van der Waals surface area contributed by atoms with Crippen LogP contribution >= 0.6 is 11.8 Å². The third-order valence-corrected chi connectivity index (χ3v) is 6.26. The number of nitrogens with zero attached hydrogens (tertiary/aromatic N) is 3. The summed E-state index contributed by atoms with van der Waals surface area (Å²) in [6.45, 7) is 5.96. The first-order chi connectivity index (χ1) is 15.1. The fourth-order valence-corrected chi connectivity index (χ4v) is 4.43. The van der Waals surface area contributed by atoms with Crippen molar-refractivity contribution in [3.63, 3.8) is 0 Å². The number of carbonyl (C=O) groups is 2. The van der Waals surface area contributed by atoms with Gasteiger partial charge < -0.3 is 9.88 Å². The maximum Gasteiger partial charge on any atom is 0.234 e. The predicted octanol–water partition coefficient (Wildman–Crippen LogP) is 4.67. The molecule has 6 nitrogen and oxygen atoms in total. The molecule has 2 aromatic carbocycles. The van der Waals surface area contributed by atoms with Crippen LogP contribution in [0.15, 0.2) is 72.4 Å². The van der Waals surface area contributed by atoms with Gasteiger partial charge >= 0.3 is 0 Å². The first kappa shape index (κ1) is 21.1. The Morgan fingerprint density at radius 2 is 1.97 bits per heavy atom. The first-order valence-corrected chi connectivity index (χ1v) is 11.2. The van der Waals surface area contributed by atoms with Crippen molar-refractivity contribution < 1.29 is 9.59 Å². The van der Waals surface area contributed by atoms with Crippen LogP contribution in [0.25, 0.3) is 0 Å². The van der Waals surface area contributed by atoms with Gasteiger partial charge in [0.25, 0.3) is 0 Å². The summed E-state index contributed by atoms with van der Waals surface area (Å²) in [6, 6.07) is 17.4. The number of aromatic nitrogens is 3. The van der Waals surface area contributed by atoms with E-state index in [1.807, 2.05) is 12.1 Å². The molecule has 1 aliphatic rings. The smallest absolute Gasteiger partial charge is 0.234 e. The SMILES string of the molecule is C=CCn1c(SCC(=O)Nc2cccc(C(C)=O)c2)nnc1C1CC1c1ccccc1. The zero-order chi connectivity index (χ0) is 21.8. The van der Waals surface area contributed by atoms with Crippen molar-refractivity contribution in [3.8, 4) is 0 Å². The fourth-order valence-electron chi connectivity index (χ4n) is 3.67. The van der Waals surface area contributed by atoms with Crippen LogP contribution in [-0.4, -0.2) is 32.2 Å². The quantitative estimate of drug-likeness (QED) is 0.302. The van der Waals surface area contributed by atoms with E-state index in [0.29, 0.717) is 34.8 Å². The van der Waals surface area contributed by atoms with E-state index in [1.54, 1.807) is 24.3 Å². The maximum absolute atomic E-state index is 12.4. The molecule has 7 heteroatoms. The van der Waals surface area contributed by atoms with Gasteiger partial charge in [0.05, 0.1) is 5.75 Å². The van der Waals surface area contributed by atoms with E-state index in [1.165, 1.54) is 24.2 Å². The average Bonchev–Trinajstić information content (AvgIpc) is 3.47. The summed E-state index contributed by atoms with van der Waals surface area (Å²) in [6.07, 6.45) is 2.88. The highest BCUT2D eigenvalue weighted by atomic mass is 32.2. The molecule has 1 fully saturated rings. The summed E-state index contributed by atoms with van der Waals surface area (Å²) in [7, 11) is 0. The molecule has 0 radical (unpaired) electrons. The molecule has 1 aromatic heterocycles. The number of thioether (sulfide) groups is 1. The first-order valence-electron chi connectivity index (χ1n) is 10.2. The largest absolute Gasteiger partial charge is 0.325 e. The molecular weight excluding hydrogens is 408 g/mol. The number of Topliss-reactive ketones (excluding diaryl/α,β-unsaturated/α-hetero) is 1. The molecular formula is C24H24N4O2S. The van der Waals surface area contributed by atoms with E-state index in [-0.39, 0.29) is 17.4 Å². The Balaban J connectivity index is 1.41. The highest BCUT2D eigenvalue weighted by Crippen LogP contribution is 2.54. The molecule has 158 valence electrons. The number of anilines is 1. The Labute approximate surface area is 185 Å². The Morgan fingerprint density at radius 1 is 1.16 bits per heavy atom. The summed E-state index contributed by atoms with van der Waals surface area (Å²) >= 11 is 1.35. The zero-order valence-electron chi connectivity index (χ0n) is 17.3. The molecule has 1 heterocycles. The minimum absolute atomic E-state index is 0.0376. The number of benzene rings is 2. The van der Waals surface area contributed by atoms with Gasteiger partial charge in [-0.25, -0.2) is 0 Å². The number of rotatable bonds is 9. The minimum atomic E-state index is -0.158. The van der Waals surface area contributed by atoms with E-state index in [0.717, 1.165) is 12.2 Å². The van der Waals surface area contributed by atoms with E-state index in [4.69, 9.17) is 0 Å². The molecule has 31 heavy (non-hydrogen) atoms. The molecule has 1 N–H and O–H groups in total. The zero-order valence-corrected chi connectivity index (χ0v) is 18.1. The number of hydrogen-bond donors (Lipinski definition) is 1. The molecule has 3 aromatic rings. The number of hydrogen-bond acceptors (Lipinski definition) is 5. The third kappa shape index (κ3) is 4.94. The van der Waals surface area contributed by atoms with Crippen molar-refractivity contribution in [3.05, 3.63) is 84.2 Å². The van der Waals surface area contributed by atoms with E-state index in [9.17, 15) is 9.59 Å². The number of carbonyl (C=O) groups excluding carboxylic acids is 2. The molecule has 1 amide bonds. The molecule has 2 atom stereocenters. The van der Waals surface area contributed by atoms with Gasteiger partial charge in [-0.2, -0.15) is 0 Å². The lowest BCUT2D eigenvalue weighted by Crippen LogP contribution is -2.15. The normalized spacial score (nSPS) is 17.2. The van der Waals surface area contributed by atoms with Gasteiger partial charge in [0.1, 0.15) is 5.82 Å². The maximum atomic E-state index is 12.4. The predicted molar refractivity (Wildman–Crippen MR) is 123 cm³/mol. The van der Waals surface area contributed by atoms with Crippen molar-refractivity contribution >= 4 is 29.1 Å². The fraction of sp³-hybridized carbons (Fsp3) is 0.250. The van der Waals surface area contributed by atoms with Crippen LogP contribution in [0.3, 0.4) is 0 Å². The van der Waals surface area contributed by atoms with Gasteiger partial charge in [-0.15, -0.1) is 16.8 Å². The molecule has 1 saturated carbocycles. The van der Waals surface area contributed by atoms with Crippen molar-refractivity contribution in [2.45, 2.75) is 36.9 Å². The van der Waals surface area contributed by atoms with Crippen LogP contribution in [0.5, 0.6) is 0 Å². The Kier molecular flexibility index (Phi) is 6.32. The van der Waals surface area contributed by atoms with Gasteiger partial charge in [0.2, 0.25) is 5.91 Å². The second kappa shape index (κ2) is 9.31. The highest BCUT2D eigenvalue weighted by Gasteiger charge is 2.43. The third-order valence-electron chi connectivity index (χ3n) is 5.29. The average molecular weight is 433 g/mol. The van der Waals surface area contributed by atoms with Gasteiger partial charge in [-0.05, 0) is 37.0 Å². The Morgan fingerprint density at radius 3 is 2.71 bits per heavy atom. The summed E-state index contributed by atoms with van der Waals surface area (Å²) in [5.41, 5.74) is 2.50. The van der Waals surface area contributed by atoms with Crippen LogP contribution in [-0.2, 0) is 11.3 Å². The Bertz CT molecular complexity index is 1110. The van der Waals surface area contributed by atoms with E-state index < -0.39 is 0 Å². The van der Waals surface area contributed by atoms with Crippen LogP contribution in [0.4, 0.5) is 5.69 Å². The number of allylic oxidation sites excluding steroid dienone is 1. The lowest BCUT2D eigenvalue weighted by Gasteiger charge is -2.09. The topological polar surface area (TPSA) is 76.9 Å². The Hall–Kier alpha value is -3.19. The van der Waals surface area contributed by atoms with Crippen molar-refractivity contribution in [1.29, 1.82) is 0 Å². The second-order valence-corrected chi connectivity index (χ2v) is 8.52. The summed E-state index contributed by atoms with van der Waals surface area (Å²) in [4.78, 5) is 24.0. The number of ketones is 1. The molecule has 0 bridgehead atoms. The van der Waals surface area contributed by atoms with Crippen LogP contribution in [0.1, 0.15) is 46.9 Å². The standard InChI is InChI=1S/C24H24N4O2S/c1-3-12-28-23(21-14-20(21)17-8-5-4-6-9-17)26-27-24(28)31-15-22(30)25-19-11-7-10-18(13-19)16(2)29/h3-11,13,20-21H,1,12,14-15H2,2H3,(H,25,30). The van der Waals surface area contributed by atoms with E-state index in [2.05, 4.69) is 50.9 Å². The molecule has 0 saturated heterocycles. The van der Waals surface area contributed by atoms with Crippen LogP contribution in [0.2, 0.25) is 0 Å². The van der Waals surface area contributed by atoms with Gasteiger partial charge in [-0.1, -0.05) is 60.3 Å². The molecule has 1 aliphatic carbocycles. The molecule has 0 spiro atoms. The lowest BCUT2D eigenvalue weighted by molar-refractivity contribution is -0.113. The minimum Gasteiger partial charge on any atom is -0.325 e. The molecule has 0 aliphatic heterocycles.